The van der Waals surface area contributed by atoms with E-state index in [0.29, 0.717) is 0 Å². The molecule has 0 spiro atoms. The van der Waals surface area contributed by atoms with Crippen LogP contribution in [0.25, 0.3) is 42.9 Å². The zero-order valence-electron chi connectivity index (χ0n) is 14.3. The average Bonchev–Trinajstić information content (AvgIpc) is 3.06. The van der Waals surface area contributed by atoms with Crippen molar-refractivity contribution < 1.29 is 0 Å². The molecule has 0 amide bonds. The van der Waals surface area contributed by atoms with Gasteiger partial charge in [-0.05, 0) is 13.0 Å². The topological polar surface area (TPSA) is 25.8 Å². The molecule has 0 bridgehead atoms. The summed E-state index contributed by atoms with van der Waals surface area (Å²) in [4.78, 5) is 11.1. The molecule has 0 atom stereocenters. The lowest BCUT2D eigenvalue weighted by Gasteiger charge is -2.09. The van der Waals surface area contributed by atoms with Gasteiger partial charge in [0.1, 0.15) is 10.3 Å². The number of aryl methyl sites for hydroxylation is 1. The number of thiophene rings is 1. The van der Waals surface area contributed by atoms with Crippen LogP contribution >= 0.6 is 11.3 Å². The van der Waals surface area contributed by atoms with Gasteiger partial charge in [-0.2, -0.15) is 0 Å². The van der Waals surface area contributed by atoms with Gasteiger partial charge in [-0.15, -0.1) is 11.3 Å². The molecule has 0 N–H and O–H groups in total. The molecule has 3 heteroatoms. The summed E-state index contributed by atoms with van der Waals surface area (Å²) < 4.78 is 1.22. The molecule has 0 saturated carbocycles. The van der Waals surface area contributed by atoms with E-state index in [2.05, 4.69) is 67.6 Å². The fraction of sp³-hybridized carbons (Fsp3) is 0.0435. The Labute approximate surface area is 155 Å². The maximum Gasteiger partial charge on any atom is 0.143 e. The molecule has 0 unspecified atom stereocenters. The van der Waals surface area contributed by atoms with Gasteiger partial charge in [0.05, 0.1) is 11.4 Å². The Morgan fingerprint density at radius 3 is 2.12 bits per heavy atom. The minimum Gasteiger partial charge on any atom is -0.242 e. The molecule has 0 fully saturated rings. The van der Waals surface area contributed by atoms with E-state index in [-0.39, 0.29) is 0 Å². The molecular weight excluding hydrogens is 336 g/mol. The highest BCUT2D eigenvalue weighted by molar-refractivity contribution is 7.25. The standard InChI is InChI=1S/C23H16N2S/c1-15-11-13-17(14-12-15)21-20(16-7-3-2-4-8-16)24-22-18-9-5-6-10-19(18)26-23(22)25-21/h2-14H,1H3. The van der Waals surface area contributed by atoms with Crippen LogP contribution in [0.15, 0.2) is 78.9 Å². The zero-order valence-corrected chi connectivity index (χ0v) is 15.1. The molecular formula is C23H16N2S. The molecule has 2 heterocycles. The molecule has 2 nitrogen and oxygen atoms in total. The van der Waals surface area contributed by atoms with Crippen LogP contribution < -0.4 is 0 Å². The number of aromatic nitrogens is 2. The van der Waals surface area contributed by atoms with E-state index in [1.807, 2.05) is 18.2 Å². The van der Waals surface area contributed by atoms with Crippen molar-refractivity contribution in [1.82, 2.24) is 9.97 Å². The molecule has 3 aromatic carbocycles. The first-order valence-corrected chi connectivity index (χ1v) is 9.43. The van der Waals surface area contributed by atoms with Gasteiger partial charge < -0.3 is 0 Å². The normalized spacial score (nSPS) is 11.3. The van der Waals surface area contributed by atoms with Crippen LogP contribution in [-0.4, -0.2) is 9.97 Å². The summed E-state index contributed by atoms with van der Waals surface area (Å²) in [5, 5.41) is 1.17. The van der Waals surface area contributed by atoms with Crippen LogP contribution in [-0.2, 0) is 0 Å². The Morgan fingerprint density at radius 2 is 1.31 bits per heavy atom. The van der Waals surface area contributed by atoms with E-state index in [1.165, 1.54) is 15.6 Å². The highest BCUT2D eigenvalue weighted by Crippen LogP contribution is 2.37. The first-order chi connectivity index (χ1) is 12.8. The van der Waals surface area contributed by atoms with E-state index in [4.69, 9.17) is 9.97 Å². The summed E-state index contributed by atoms with van der Waals surface area (Å²) in [5.41, 5.74) is 6.29. The molecule has 0 aliphatic rings. The Kier molecular flexibility index (Phi) is 3.54. The van der Waals surface area contributed by atoms with E-state index < -0.39 is 0 Å². The van der Waals surface area contributed by atoms with Crippen molar-refractivity contribution in [3.63, 3.8) is 0 Å². The van der Waals surface area contributed by atoms with Gasteiger partial charge in [0.25, 0.3) is 0 Å². The molecule has 0 aliphatic heterocycles. The van der Waals surface area contributed by atoms with Crippen LogP contribution in [0.2, 0.25) is 0 Å². The van der Waals surface area contributed by atoms with Crippen LogP contribution in [0.1, 0.15) is 5.56 Å². The third kappa shape index (κ3) is 2.49. The van der Waals surface area contributed by atoms with Crippen LogP contribution in [0.4, 0.5) is 0 Å². The molecule has 124 valence electrons. The van der Waals surface area contributed by atoms with Gasteiger partial charge in [0.2, 0.25) is 0 Å². The lowest BCUT2D eigenvalue weighted by atomic mass is 10.0. The summed E-state index contributed by atoms with van der Waals surface area (Å²) in [5.74, 6) is 0. The first-order valence-electron chi connectivity index (χ1n) is 8.61. The Hall–Kier alpha value is -3.04. The minimum absolute atomic E-state index is 0.936. The number of rotatable bonds is 2. The smallest absolute Gasteiger partial charge is 0.143 e. The van der Waals surface area contributed by atoms with Gasteiger partial charge in [-0.1, -0.05) is 78.4 Å². The third-order valence-corrected chi connectivity index (χ3v) is 5.64. The molecule has 26 heavy (non-hydrogen) atoms. The van der Waals surface area contributed by atoms with Crippen LogP contribution in [0, 0.1) is 6.92 Å². The molecule has 2 aromatic heterocycles. The van der Waals surface area contributed by atoms with Crippen molar-refractivity contribution >= 4 is 31.8 Å². The largest absolute Gasteiger partial charge is 0.242 e. The van der Waals surface area contributed by atoms with E-state index in [9.17, 15) is 0 Å². The number of benzene rings is 3. The summed E-state index contributed by atoms with van der Waals surface area (Å²) in [7, 11) is 0. The first kappa shape index (κ1) is 15.2. The predicted molar refractivity (Wildman–Crippen MR) is 111 cm³/mol. The Bertz CT molecular complexity index is 1220. The number of hydrogen-bond donors (Lipinski definition) is 0. The van der Waals surface area contributed by atoms with Crippen molar-refractivity contribution in [1.29, 1.82) is 0 Å². The lowest BCUT2D eigenvalue weighted by Crippen LogP contribution is -1.94. The van der Waals surface area contributed by atoms with Crippen molar-refractivity contribution in [3.8, 4) is 22.5 Å². The highest BCUT2D eigenvalue weighted by atomic mass is 32.1. The van der Waals surface area contributed by atoms with Crippen molar-refractivity contribution in [2.75, 3.05) is 0 Å². The maximum atomic E-state index is 5.08. The summed E-state index contributed by atoms with van der Waals surface area (Å²) >= 11 is 1.70. The van der Waals surface area contributed by atoms with Crippen LogP contribution in [0.5, 0.6) is 0 Å². The van der Waals surface area contributed by atoms with Gasteiger partial charge in [0, 0.05) is 21.2 Å². The number of fused-ring (bicyclic) bond motifs is 3. The molecule has 0 radical (unpaired) electrons. The number of hydrogen-bond acceptors (Lipinski definition) is 3. The zero-order chi connectivity index (χ0) is 17.5. The second-order valence-corrected chi connectivity index (χ2v) is 7.44. The van der Waals surface area contributed by atoms with Gasteiger partial charge in [-0.3, -0.25) is 0 Å². The monoisotopic (exact) mass is 352 g/mol. The fourth-order valence-corrected chi connectivity index (χ4v) is 4.25. The van der Waals surface area contributed by atoms with Crippen LogP contribution in [0.3, 0.4) is 0 Å². The highest BCUT2D eigenvalue weighted by Gasteiger charge is 2.16. The maximum absolute atomic E-state index is 5.08. The lowest BCUT2D eigenvalue weighted by molar-refractivity contribution is 1.31. The SMILES string of the molecule is Cc1ccc(-c2nc3sc4ccccc4c3nc2-c2ccccc2)cc1. The third-order valence-electron chi connectivity index (χ3n) is 4.58. The van der Waals surface area contributed by atoms with E-state index in [0.717, 1.165) is 32.9 Å². The van der Waals surface area contributed by atoms with E-state index >= 15 is 0 Å². The summed E-state index contributed by atoms with van der Waals surface area (Å²) in [6.45, 7) is 2.10. The summed E-state index contributed by atoms with van der Waals surface area (Å²) in [6, 6.07) is 27.2. The predicted octanol–water partition coefficient (Wildman–Crippen LogP) is 6.49. The molecule has 0 aliphatic carbocycles. The minimum atomic E-state index is 0.936. The van der Waals surface area contributed by atoms with E-state index in [1.54, 1.807) is 11.3 Å². The average molecular weight is 352 g/mol. The Morgan fingerprint density at radius 1 is 0.654 bits per heavy atom. The Balaban J connectivity index is 1.86. The van der Waals surface area contributed by atoms with Gasteiger partial charge in [0.15, 0.2) is 0 Å². The molecule has 5 aromatic rings. The fourth-order valence-electron chi connectivity index (χ4n) is 3.23. The number of nitrogens with zero attached hydrogens (tertiary/aromatic N) is 2. The van der Waals surface area contributed by atoms with Gasteiger partial charge in [-0.25, -0.2) is 9.97 Å². The molecule has 5 rings (SSSR count). The summed E-state index contributed by atoms with van der Waals surface area (Å²) in [6.07, 6.45) is 0. The second-order valence-electron chi connectivity index (χ2n) is 6.40. The second kappa shape index (κ2) is 6.04. The van der Waals surface area contributed by atoms with Crippen molar-refractivity contribution in [3.05, 3.63) is 84.4 Å². The van der Waals surface area contributed by atoms with Gasteiger partial charge >= 0.3 is 0 Å². The molecule has 0 saturated heterocycles. The quantitative estimate of drug-likeness (QED) is 0.363. The van der Waals surface area contributed by atoms with Crippen molar-refractivity contribution in [2.24, 2.45) is 0 Å². The van der Waals surface area contributed by atoms with Crippen molar-refractivity contribution in [2.45, 2.75) is 6.92 Å².